The Hall–Kier alpha value is -2.82. The summed E-state index contributed by atoms with van der Waals surface area (Å²) in [4.78, 5) is 23.7. The van der Waals surface area contributed by atoms with Crippen LogP contribution in [0.15, 0.2) is 54.6 Å². The molecule has 0 spiro atoms. The van der Waals surface area contributed by atoms with Crippen molar-refractivity contribution < 1.29 is 19.1 Å². The molecular weight excluding hydrogens is 318 g/mol. The molecule has 132 valence electrons. The number of rotatable bonds is 8. The van der Waals surface area contributed by atoms with Gasteiger partial charge in [0.05, 0.1) is 13.5 Å². The van der Waals surface area contributed by atoms with Crippen molar-refractivity contribution in [2.75, 3.05) is 13.7 Å². The first-order valence-corrected chi connectivity index (χ1v) is 8.19. The number of esters is 1. The molecule has 5 nitrogen and oxygen atoms in total. The molecule has 25 heavy (non-hydrogen) atoms. The molecule has 0 fully saturated rings. The molecule has 2 rings (SSSR count). The number of carbonyl (C=O) groups is 2. The largest absolute Gasteiger partial charge is 0.496 e. The Morgan fingerprint density at radius 2 is 1.72 bits per heavy atom. The zero-order valence-corrected chi connectivity index (χ0v) is 14.5. The van der Waals surface area contributed by atoms with Crippen LogP contribution in [0.2, 0.25) is 0 Å². The van der Waals surface area contributed by atoms with Crippen LogP contribution < -0.4 is 10.1 Å². The first-order chi connectivity index (χ1) is 12.1. The van der Waals surface area contributed by atoms with E-state index in [9.17, 15) is 9.59 Å². The molecule has 0 bridgehead atoms. The fourth-order valence-corrected chi connectivity index (χ4v) is 2.45. The number of amides is 1. The molecule has 2 aromatic carbocycles. The van der Waals surface area contributed by atoms with E-state index in [4.69, 9.17) is 9.47 Å². The van der Waals surface area contributed by atoms with E-state index in [-0.39, 0.29) is 30.8 Å². The number of nitrogens with one attached hydrogen (secondary N) is 1. The predicted octanol–water partition coefficient (Wildman–Crippen LogP) is 3.05. The van der Waals surface area contributed by atoms with Gasteiger partial charge in [0.15, 0.2) is 6.61 Å². The maximum atomic E-state index is 11.9. The zero-order chi connectivity index (χ0) is 18.1. The van der Waals surface area contributed by atoms with Gasteiger partial charge in [-0.25, -0.2) is 0 Å². The fraction of sp³-hybridized carbons (Fsp3) is 0.300. The third-order valence-electron chi connectivity index (χ3n) is 3.87. The Morgan fingerprint density at radius 1 is 1.04 bits per heavy atom. The molecule has 1 atom stereocenters. The van der Waals surface area contributed by atoms with Crippen molar-refractivity contribution in [3.63, 3.8) is 0 Å². The molecule has 0 heterocycles. The van der Waals surface area contributed by atoms with Crippen molar-refractivity contribution in [2.45, 2.75) is 25.8 Å². The Morgan fingerprint density at radius 3 is 2.44 bits per heavy atom. The van der Waals surface area contributed by atoms with Crippen LogP contribution in [0.1, 0.15) is 30.4 Å². The maximum absolute atomic E-state index is 11.9. The van der Waals surface area contributed by atoms with Crippen molar-refractivity contribution >= 4 is 11.9 Å². The summed E-state index contributed by atoms with van der Waals surface area (Å²) in [5.74, 6) is 0.0252. The fourth-order valence-electron chi connectivity index (χ4n) is 2.45. The van der Waals surface area contributed by atoms with Crippen molar-refractivity contribution in [2.24, 2.45) is 0 Å². The predicted molar refractivity (Wildman–Crippen MR) is 95.3 cm³/mol. The molecule has 0 radical (unpaired) electrons. The van der Waals surface area contributed by atoms with Crippen molar-refractivity contribution in [1.29, 1.82) is 0 Å². The standard InChI is InChI=1S/C20H23NO4/c1-15(16-8-4-3-5-9-16)12-20(23)25-14-19(22)21-13-17-10-6-7-11-18(17)24-2/h3-11,15H,12-14H2,1-2H3,(H,21,22)/t15-/m0/s1. The number of benzene rings is 2. The van der Waals surface area contributed by atoms with Crippen LogP contribution >= 0.6 is 0 Å². The van der Waals surface area contributed by atoms with Crippen molar-refractivity contribution in [3.8, 4) is 5.75 Å². The van der Waals surface area contributed by atoms with Crippen LogP contribution in [-0.2, 0) is 20.9 Å². The lowest BCUT2D eigenvalue weighted by Gasteiger charge is -2.12. The van der Waals surface area contributed by atoms with Gasteiger partial charge < -0.3 is 14.8 Å². The van der Waals surface area contributed by atoms with E-state index in [1.54, 1.807) is 7.11 Å². The second-order valence-electron chi connectivity index (χ2n) is 5.77. The second kappa shape index (κ2) is 9.47. The van der Waals surface area contributed by atoms with E-state index in [0.717, 1.165) is 11.1 Å². The average Bonchev–Trinajstić information content (AvgIpc) is 2.65. The van der Waals surface area contributed by atoms with E-state index >= 15 is 0 Å². The maximum Gasteiger partial charge on any atom is 0.306 e. The van der Waals surface area contributed by atoms with Gasteiger partial charge >= 0.3 is 5.97 Å². The molecule has 1 amide bonds. The minimum Gasteiger partial charge on any atom is -0.496 e. The van der Waals surface area contributed by atoms with E-state index in [2.05, 4.69) is 5.32 Å². The van der Waals surface area contributed by atoms with Gasteiger partial charge in [-0.3, -0.25) is 9.59 Å². The number of hydrogen-bond acceptors (Lipinski definition) is 4. The SMILES string of the molecule is COc1ccccc1CNC(=O)COC(=O)C[C@H](C)c1ccccc1. The Labute approximate surface area is 148 Å². The normalized spacial score (nSPS) is 11.4. The second-order valence-corrected chi connectivity index (χ2v) is 5.77. The Balaban J connectivity index is 1.73. The Kier molecular flexibility index (Phi) is 7.01. The third-order valence-corrected chi connectivity index (χ3v) is 3.87. The van der Waals surface area contributed by atoms with E-state index in [1.165, 1.54) is 0 Å². The topological polar surface area (TPSA) is 64.6 Å². The van der Waals surface area contributed by atoms with Gasteiger partial charge in [0.2, 0.25) is 0 Å². The number of hydrogen-bond donors (Lipinski definition) is 1. The van der Waals surface area contributed by atoms with Crippen LogP contribution in [0.5, 0.6) is 5.75 Å². The highest BCUT2D eigenvalue weighted by molar-refractivity contribution is 5.80. The van der Waals surface area contributed by atoms with Gasteiger partial charge in [-0.05, 0) is 17.5 Å². The highest BCUT2D eigenvalue weighted by atomic mass is 16.5. The molecule has 2 aromatic rings. The molecule has 0 saturated carbocycles. The van der Waals surface area contributed by atoms with Gasteiger partial charge in [0, 0.05) is 12.1 Å². The first-order valence-electron chi connectivity index (χ1n) is 8.19. The summed E-state index contributed by atoms with van der Waals surface area (Å²) in [5.41, 5.74) is 1.93. The summed E-state index contributed by atoms with van der Waals surface area (Å²) < 4.78 is 10.3. The number of carbonyl (C=O) groups excluding carboxylic acids is 2. The summed E-state index contributed by atoms with van der Waals surface area (Å²) in [5, 5.41) is 2.72. The van der Waals surface area contributed by atoms with Gasteiger partial charge in [0.25, 0.3) is 5.91 Å². The molecule has 0 aromatic heterocycles. The van der Waals surface area contributed by atoms with Gasteiger partial charge in [-0.15, -0.1) is 0 Å². The van der Waals surface area contributed by atoms with Gasteiger partial charge in [0.1, 0.15) is 5.75 Å². The number of methoxy groups -OCH3 is 1. The molecule has 0 aliphatic rings. The third kappa shape index (κ3) is 5.95. The summed E-state index contributed by atoms with van der Waals surface area (Å²) in [7, 11) is 1.58. The molecule has 5 heteroatoms. The lowest BCUT2D eigenvalue weighted by Crippen LogP contribution is -2.28. The quantitative estimate of drug-likeness (QED) is 0.750. The van der Waals surface area contributed by atoms with Crippen LogP contribution in [0.4, 0.5) is 0 Å². The lowest BCUT2D eigenvalue weighted by atomic mass is 9.98. The monoisotopic (exact) mass is 341 g/mol. The van der Waals surface area contributed by atoms with E-state index in [0.29, 0.717) is 12.3 Å². The molecule has 0 saturated heterocycles. The van der Waals surface area contributed by atoms with Crippen LogP contribution in [0.25, 0.3) is 0 Å². The molecule has 1 N–H and O–H groups in total. The molecule has 0 unspecified atom stereocenters. The number of ether oxygens (including phenoxy) is 2. The zero-order valence-electron chi connectivity index (χ0n) is 14.5. The molecule has 0 aliphatic heterocycles. The highest BCUT2D eigenvalue weighted by Crippen LogP contribution is 2.19. The minimum atomic E-state index is -0.385. The Bertz CT molecular complexity index is 700. The lowest BCUT2D eigenvalue weighted by molar-refractivity contribution is -0.148. The van der Waals surface area contributed by atoms with E-state index < -0.39 is 0 Å². The van der Waals surface area contributed by atoms with Crippen LogP contribution in [-0.4, -0.2) is 25.6 Å². The van der Waals surface area contributed by atoms with Crippen LogP contribution in [0.3, 0.4) is 0 Å². The number of para-hydroxylation sites is 1. The summed E-state index contributed by atoms with van der Waals surface area (Å²) in [6.07, 6.45) is 0.240. The summed E-state index contributed by atoms with van der Waals surface area (Å²) in [6.45, 7) is 1.99. The van der Waals surface area contributed by atoms with Crippen molar-refractivity contribution in [1.82, 2.24) is 5.32 Å². The first kappa shape index (κ1) is 18.5. The van der Waals surface area contributed by atoms with Gasteiger partial charge in [-0.2, -0.15) is 0 Å². The highest BCUT2D eigenvalue weighted by Gasteiger charge is 2.14. The summed E-state index contributed by atoms with van der Waals surface area (Å²) >= 11 is 0. The van der Waals surface area contributed by atoms with Gasteiger partial charge in [-0.1, -0.05) is 55.5 Å². The van der Waals surface area contributed by atoms with Crippen molar-refractivity contribution in [3.05, 3.63) is 65.7 Å². The van der Waals surface area contributed by atoms with Crippen LogP contribution in [0, 0.1) is 0 Å². The van der Waals surface area contributed by atoms with E-state index in [1.807, 2.05) is 61.5 Å². The molecule has 0 aliphatic carbocycles. The average molecular weight is 341 g/mol. The smallest absolute Gasteiger partial charge is 0.306 e. The molecular formula is C20H23NO4. The minimum absolute atomic E-state index is 0.0466. The summed E-state index contributed by atoms with van der Waals surface area (Å²) in [6, 6.07) is 17.2.